The number of anilines is 1. The highest BCUT2D eigenvalue weighted by Crippen LogP contribution is 2.22. The van der Waals surface area contributed by atoms with Crippen LogP contribution >= 0.6 is 0 Å². The van der Waals surface area contributed by atoms with Gasteiger partial charge in [0.15, 0.2) is 0 Å². The molecule has 0 aliphatic carbocycles. The second kappa shape index (κ2) is 7.00. The quantitative estimate of drug-likeness (QED) is 0.426. The molecule has 21 heavy (non-hydrogen) atoms. The van der Waals surface area contributed by atoms with E-state index in [-0.39, 0.29) is 17.4 Å². The van der Waals surface area contributed by atoms with Crippen molar-refractivity contribution in [3.05, 3.63) is 33.9 Å². The zero-order valence-electron chi connectivity index (χ0n) is 11.5. The van der Waals surface area contributed by atoms with Crippen molar-refractivity contribution in [3.8, 4) is 0 Å². The van der Waals surface area contributed by atoms with Crippen LogP contribution in [-0.4, -0.2) is 30.1 Å². The molecule has 0 saturated carbocycles. The van der Waals surface area contributed by atoms with Gasteiger partial charge in [0.2, 0.25) is 0 Å². The van der Waals surface area contributed by atoms with Gasteiger partial charge < -0.3 is 15.5 Å². The average molecular weight is 294 g/mol. The van der Waals surface area contributed by atoms with E-state index in [0.29, 0.717) is 18.8 Å². The van der Waals surface area contributed by atoms with Gasteiger partial charge in [-0.15, -0.1) is 0 Å². The minimum Gasteiger partial charge on any atom is -0.376 e. The molecular formula is C13H18N4O4. The predicted molar refractivity (Wildman–Crippen MR) is 76.8 cm³/mol. The molecule has 1 aliphatic heterocycles. The summed E-state index contributed by atoms with van der Waals surface area (Å²) in [6, 6.07) is 4.05. The molecule has 0 spiro atoms. The molecule has 8 nitrogen and oxygen atoms in total. The number of nitrogens with two attached hydrogens (primary N) is 1. The highest BCUT2D eigenvalue weighted by atomic mass is 16.6. The van der Waals surface area contributed by atoms with Gasteiger partial charge in [0.1, 0.15) is 5.56 Å². The number of amides is 1. The third kappa shape index (κ3) is 3.89. The van der Waals surface area contributed by atoms with E-state index in [1.54, 1.807) is 0 Å². The van der Waals surface area contributed by atoms with Gasteiger partial charge in [-0.1, -0.05) is 0 Å². The number of hydrogen-bond acceptors (Lipinski definition) is 6. The van der Waals surface area contributed by atoms with E-state index in [1.165, 1.54) is 18.2 Å². The van der Waals surface area contributed by atoms with E-state index in [9.17, 15) is 14.9 Å². The number of nitro benzene ring substituents is 1. The molecule has 1 aromatic carbocycles. The fraction of sp³-hybridized carbons (Fsp3) is 0.462. The summed E-state index contributed by atoms with van der Waals surface area (Å²) in [6.45, 7) is 1.03. The topological polar surface area (TPSA) is 120 Å². The van der Waals surface area contributed by atoms with E-state index < -0.39 is 10.8 Å². The monoisotopic (exact) mass is 294 g/mol. The lowest BCUT2D eigenvalue weighted by atomic mass is 10.1. The van der Waals surface area contributed by atoms with Gasteiger partial charge in [-0.05, 0) is 31.4 Å². The molecule has 2 rings (SSSR count). The molecule has 4 N–H and O–H groups in total. The van der Waals surface area contributed by atoms with Gasteiger partial charge in [0.25, 0.3) is 11.6 Å². The SMILES string of the molecule is NNc1ccc([N+](=O)[O-])c(C(=O)NCC2CCCCO2)c1. The number of hydrazine groups is 1. The highest BCUT2D eigenvalue weighted by Gasteiger charge is 2.22. The third-order valence-electron chi connectivity index (χ3n) is 3.37. The zero-order valence-corrected chi connectivity index (χ0v) is 11.5. The number of rotatable bonds is 5. The summed E-state index contributed by atoms with van der Waals surface area (Å²) in [5.41, 5.74) is 2.52. The lowest BCUT2D eigenvalue weighted by Crippen LogP contribution is -2.35. The number of nitrogens with one attached hydrogen (secondary N) is 2. The number of ether oxygens (including phenoxy) is 1. The summed E-state index contributed by atoms with van der Waals surface area (Å²) >= 11 is 0. The molecule has 1 unspecified atom stereocenters. The van der Waals surface area contributed by atoms with Gasteiger partial charge in [-0.2, -0.15) is 0 Å². The standard InChI is InChI=1S/C13H18N4O4/c14-16-9-4-5-12(17(19)20)11(7-9)13(18)15-8-10-3-1-2-6-21-10/h4-5,7,10,16H,1-3,6,8,14H2,(H,15,18). The smallest absolute Gasteiger partial charge is 0.282 e. The lowest BCUT2D eigenvalue weighted by Gasteiger charge is -2.22. The van der Waals surface area contributed by atoms with Crippen molar-refractivity contribution >= 4 is 17.3 Å². The molecule has 1 aromatic rings. The Morgan fingerprint density at radius 2 is 2.29 bits per heavy atom. The van der Waals surface area contributed by atoms with Crippen LogP contribution in [0, 0.1) is 10.1 Å². The maximum Gasteiger partial charge on any atom is 0.282 e. The Morgan fingerprint density at radius 3 is 2.90 bits per heavy atom. The maximum absolute atomic E-state index is 12.1. The van der Waals surface area contributed by atoms with Crippen molar-refractivity contribution in [1.82, 2.24) is 5.32 Å². The summed E-state index contributed by atoms with van der Waals surface area (Å²) < 4.78 is 5.51. The minimum absolute atomic E-state index is 0.0220. The molecule has 1 aliphatic rings. The van der Waals surface area contributed by atoms with Crippen molar-refractivity contribution in [2.75, 3.05) is 18.6 Å². The molecule has 114 valence electrons. The normalized spacial score (nSPS) is 18.0. The summed E-state index contributed by atoms with van der Waals surface area (Å²) in [7, 11) is 0. The first kappa shape index (κ1) is 15.2. The number of nitrogen functional groups attached to an aromatic ring is 1. The van der Waals surface area contributed by atoms with Crippen LogP contribution in [-0.2, 0) is 4.74 Å². The van der Waals surface area contributed by atoms with E-state index in [1.807, 2.05) is 0 Å². The van der Waals surface area contributed by atoms with Gasteiger partial charge in [-0.3, -0.25) is 20.8 Å². The molecular weight excluding hydrogens is 276 g/mol. The first-order valence-electron chi connectivity index (χ1n) is 6.76. The summed E-state index contributed by atoms with van der Waals surface area (Å²) in [5.74, 6) is 4.76. The summed E-state index contributed by atoms with van der Waals surface area (Å²) in [4.78, 5) is 22.5. The predicted octanol–water partition coefficient (Wildman–Crippen LogP) is 1.18. The van der Waals surface area contributed by atoms with Crippen LogP contribution in [0.5, 0.6) is 0 Å². The minimum atomic E-state index is -0.591. The summed E-state index contributed by atoms with van der Waals surface area (Å²) in [5, 5.41) is 13.7. The molecule has 8 heteroatoms. The van der Waals surface area contributed by atoms with Gasteiger partial charge in [-0.25, -0.2) is 0 Å². The van der Waals surface area contributed by atoms with E-state index in [2.05, 4.69) is 10.7 Å². The largest absolute Gasteiger partial charge is 0.376 e. The molecule has 1 atom stereocenters. The maximum atomic E-state index is 12.1. The fourth-order valence-corrected chi connectivity index (χ4v) is 2.24. The Labute approximate surface area is 121 Å². The molecule has 0 bridgehead atoms. The van der Waals surface area contributed by atoms with Crippen molar-refractivity contribution in [1.29, 1.82) is 0 Å². The first-order chi connectivity index (χ1) is 10.1. The van der Waals surface area contributed by atoms with E-state index in [4.69, 9.17) is 10.6 Å². The van der Waals surface area contributed by atoms with Crippen LogP contribution in [0.2, 0.25) is 0 Å². The molecule has 1 amide bonds. The summed E-state index contributed by atoms with van der Waals surface area (Å²) in [6.07, 6.45) is 2.94. The van der Waals surface area contributed by atoms with Crippen molar-refractivity contribution in [2.45, 2.75) is 25.4 Å². The Balaban J connectivity index is 2.07. The second-order valence-corrected chi connectivity index (χ2v) is 4.83. The number of carbonyl (C=O) groups is 1. The van der Waals surface area contributed by atoms with Gasteiger partial charge >= 0.3 is 0 Å². The van der Waals surface area contributed by atoms with Crippen LogP contribution in [0.25, 0.3) is 0 Å². The van der Waals surface area contributed by atoms with Crippen LogP contribution < -0.4 is 16.6 Å². The molecule has 0 aromatic heterocycles. The van der Waals surface area contributed by atoms with Gasteiger partial charge in [0.05, 0.1) is 11.0 Å². The number of nitrogens with zero attached hydrogens (tertiary/aromatic N) is 1. The van der Waals surface area contributed by atoms with E-state index in [0.717, 1.165) is 19.3 Å². The molecule has 0 radical (unpaired) electrons. The fourth-order valence-electron chi connectivity index (χ4n) is 2.24. The second-order valence-electron chi connectivity index (χ2n) is 4.83. The zero-order chi connectivity index (χ0) is 15.2. The van der Waals surface area contributed by atoms with Crippen LogP contribution in [0.4, 0.5) is 11.4 Å². The Hall–Kier alpha value is -2.19. The highest BCUT2D eigenvalue weighted by molar-refractivity contribution is 5.99. The Morgan fingerprint density at radius 1 is 1.48 bits per heavy atom. The van der Waals surface area contributed by atoms with Crippen LogP contribution in [0.15, 0.2) is 18.2 Å². The molecule has 1 saturated heterocycles. The Bertz CT molecular complexity index is 529. The van der Waals surface area contributed by atoms with E-state index >= 15 is 0 Å². The van der Waals surface area contributed by atoms with Crippen molar-refractivity contribution in [2.24, 2.45) is 5.84 Å². The number of benzene rings is 1. The number of hydrogen-bond donors (Lipinski definition) is 3. The third-order valence-corrected chi connectivity index (χ3v) is 3.37. The lowest BCUT2D eigenvalue weighted by molar-refractivity contribution is -0.385. The van der Waals surface area contributed by atoms with Gasteiger partial charge in [0, 0.05) is 24.9 Å². The van der Waals surface area contributed by atoms with Crippen molar-refractivity contribution in [3.63, 3.8) is 0 Å². The molecule has 1 fully saturated rings. The number of carbonyl (C=O) groups excluding carboxylic acids is 1. The average Bonchev–Trinajstić information content (AvgIpc) is 2.52. The van der Waals surface area contributed by atoms with Crippen LogP contribution in [0.3, 0.4) is 0 Å². The first-order valence-corrected chi connectivity index (χ1v) is 6.76. The molecule has 1 heterocycles. The Kier molecular flexibility index (Phi) is 5.07. The van der Waals surface area contributed by atoms with Crippen molar-refractivity contribution < 1.29 is 14.5 Å². The van der Waals surface area contributed by atoms with Crippen LogP contribution in [0.1, 0.15) is 29.6 Å². The number of nitro groups is 1.